The summed E-state index contributed by atoms with van der Waals surface area (Å²) in [6, 6.07) is 4.58. The van der Waals surface area contributed by atoms with Crippen LogP contribution in [0.3, 0.4) is 0 Å². The molecule has 0 aliphatic heterocycles. The van der Waals surface area contributed by atoms with E-state index in [4.69, 9.17) is 5.73 Å². The number of rotatable bonds is 1. The van der Waals surface area contributed by atoms with Gasteiger partial charge in [0, 0.05) is 0 Å². The van der Waals surface area contributed by atoms with Gasteiger partial charge in [0.15, 0.2) is 0 Å². The van der Waals surface area contributed by atoms with E-state index in [1.54, 1.807) is 13.0 Å². The average molecular weight is 166 g/mol. The zero-order valence-electron chi connectivity index (χ0n) is 7.13. The molecule has 0 unspecified atom stereocenters. The van der Waals surface area contributed by atoms with Crippen LogP contribution in [-0.4, -0.2) is 5.84 Å². The summed E-state index contributed by atoms with van der Waals surface area (Å²) in [5.74, 6) is 0.148. The van der Waals surface area contributed by atoms with Crippen LogP contribution in [0.5, 0.6) is 0 Å². The molecule has 2 nitrogen and oxygen atoms in total. The van der Waals surface area contributed by atoms with E-state index < -0.39 is 0 Å². The Morgan fingerprint density at radius 1 is 1.42 bits per heavy atom. The maximum Gasteiger partial charge on any atom is 0.125 e. The maximum absolute atomic E-state index is 12.8. The lowest BCUT2D eigenvalue weighted by atomic mass is 10.2. The molecule has 0 saturated heterocycles. The molecule has 0 atom stereocenters. The van der Waals surface area contributed by atoms with Crippen molar-refractivity contribution in [2.75, 3.05) is 0 Å². The number of benzene rings is 1. The van der Waals surface area contributed by atoms with Crippen molar-refractivity contribution in [3.63, 3.8) is 0 Å². The molecule has 12 heavy (non-hydrogen) atoms. The van der Waals surface area contributed by atoms with Crippen LogP contribution >= 0.6 is 0 Å². The first-order valence-corrected chi connectivity index (χ1v) is 3.66. The number of amidine groups is 1. The molecule has 1 rings (SSSR count). The van der Waals surface area contributed by atoms with Gasteiger partial charge in [0.2, 0.25) is 0 Å². The van der Waals surface area contributed by atoms with E-state index in [1.807, 2.05) is 6.92 Å². The topological polar surface area (TPSA) is 38.4 Å². The molecule has 1 aromatic carbocycles. The van der Waals surface area contributed by atoms with Crippen molar-refractivity contribution in [2.24, 2.45) is 10.7 Å². The minimum Gasteiger partial charge on any atom is -0.387 e. The van der Waals surface area contributed by atoms with E-state index >= 15 is 0 Å². The number of nitrogens with two attached hydrogens (primary N) is 1. The van der Waals surface area contributed by atoms with Crippen LogP contribution in [0.15, 0.2) is 23.2 Å². The first kappa shape index (κ1) is 8.71. The van der Waals surface area contributed by atoms with Crippen LogP contribution in [0, 0.1) is 12.7 Å². The molecule has 0 spiro atoms. The highest BCUT2D eigenvalue weighted by Crippen LogP contribution is 2.15. The molecule has 0 aliphatic carbocycles. The fourth-order valence-corrected chi connectivity index (χ4v) is 0.985. The molecule has 2 N–H and O–H groups in total. The number of halogens is 1. The molecule has 64 valence electrons. The van der Waals surface area contributed by atoms with E-state index in [9.17, 15) is 4.39 Å². The lowest BCUT2D eigenvalue weighted by Gasteiger charge is -1.97. The van der Waals surface area contributed by atoms with Crippen molar-refractivity contribution in [2.45, 2.75) is 13.8 Å². The summed E-state index contributed by atoms with van der Waals surface area (Å²) in [5.41, 5.74) is 6.76. The highest BCUT2D eigenvalue weighted by Gasteiger charge is 1.95. The highest BCUT2D eigenvalue weighted by molar-refractivity contribution is 5.80. The Labute approximate surface area is 70.9 Å². The fourth-order valence-electron chi connectivity index (χ4n) is 0.985. The Kier molecular flexibility index (Phi) is 2.43. The van der Waals surface area contributed by atoms with Crippen molar-refractivity contribution in [3.8, 4) is 0 Å². The first-order valence-electron chi connectivity index (χ1n) is 3.66. The highest BCUT2D eigenvalue weighted by atomic mass is 19.1. The number of aliphatic imine (C=N–C) groups is 1. The second-order valence-corrected chi connectivity index (χ2v) is 2.74. The molecule has 0 aromatic heterocycles. The van der Waals surface area contributed by atoms with Crippen LogP contribution in [0.2, 0.25) is 0 Å². The fraction of sp³-hybridized carbons (Fsp3) is 0.222. The summed E-state index contributed by atoms with van der Waals surface area (Å²) in [4.78, 5) is 3.94. The second kappa shape index (κ2) is 3.34. The Balaban J connectivity index is 3.09. The van der Waals surface area contributed by atoms with Crippen molar-refractivity contribution in [3.05, 3.63) is 29.6 Å². The van der Waals surface area contributed by atoms with Crippen LogP contribution in [-0.2, 0) is 0 Å². The Bertz CT molecular complexity index is 294. The van der Waals surface area contributed by atoms with Gasteiger partial charge in [-0.1, -0.05) is 0 Å². The minimum absolute atomic E-state index is 0.282. The maximum atomic E-state index is 12.8. The summed E-state index contributed by atoms with van der Waals surface area (Å²) in [7, 11) is 0. The summed E-state index contributed by atoms with van der Waals surface area (Å²) >= 11 is 0. The van der Waals surface area contributed by atoms with Crippen molar-refractivity contribution < 1.29 is 4.39 Å². The predicted molar refractivity (Wildman–Crippen MR) is 48.1 cm³/mol. The van der Waals surface area contributed by atoms with E-state index in [1.165, 1.54) is 12.1 Å². The normalized spacial score (nSPS) is 11.8. The van der Waals surface area contributed by atoms with Crippen molar-refractivity contribution in [1.29, 1.82) is 0 Å². The third-order valence-electron chi connectivity index (χ3n) is 1.33. The quantitative estimate of drug-likeness (QED) is 0.503. The van der Waals surface area contributed by atoms with Crippen molar-refractivity contribution in [1.82, 2.24) is 0 Å². The van der Waals surface area contributed by atoms with Gasteiger partial charge in [-0.15, -0.1) is 0 Å². The largest absolute Gasteiger partial charge is 0.387 e. The second-order valence-electron chi connectivity index (χ2n) is 2.74. The van der Waals surface area contributed by atoms with Crippen molar-refractivity contribution >= 4 is 11.5 Å². The number of aryl methyl sites for hydroxylation is 1. The number of hydrogen-bond acceptors (Lipinski definition) is 1. The molecule has 3 heteroatoms. The molecule has 0 heterocycles. The molecule has 1 aromatic rings. The van der Waals surface area contributed by atoms with Gasteiger partial charge in [0.05, 0.1) is 11.5 Å². The van der Waals surface area contributed by atoms with Gasteiger partial charge in [-0.05, 0) is 37.6 Å². The zero-order chi connectivity index (χ0) is 9.14. The molecule has 0 saturated carbocycles. The SMILES string of the molecule is CC(N)=Nc1cc(C)cc(F)c1. The van der Waals surface area contributed by atoms with Gasteiger partial charge in [-0.2, -0.15) is 0 Å². The number of nitrogens with zero attached hydrogens (tertiary/aromatic N) is 1. The standard InChI is InChI=1S/C9H11FN2/c1-6-3-8(10)5-9(4-6)12-7(2)11/h3-5H,1-2H3,(H2,11,12). The Morgan fingerprint density at radius 2 is 2.08 bits per heavy atom. The van der Waals surface area contributed by atoms with E-state index in [2.05, 4.69) is 4.99 Å². The monoisotopic (exact) mass is 166 g/mol. The van der Waals surface area contributed by atoms with Crippen LogP contribution in [0.4, 0.5) is 10.1 Å². The summed E-state index contributed by atoms with van der Waals surface area (Å²) < 4.78 is 12.8. The van der Waals surface area contributed by atoms with Gasteiger partial charge in [0.25, 0.3) is 0 Å². The van der Waals surface area contributed by atoms with Crippen LogP contribution in [0.1, 0.15) is 12.5 Å². The zero-order valence-corrected chi connectivity index (χ0v) is 7.13. The lowest BCUT2D eigenvalue weighted by molar-refractivity contribution is 0.627. The third kappa shape index (κ3) is 2.34. The molecule has 0 amide bonds. The molecule has 0 radical (unpaired) electrons. The smallest absolute Gasteiger partial charge is 0.125 e. The van der Waals surface area contributed by atoms with Gasteiger partial charge >= 0.3 is 0 Å². The average Bonchev–Trinajstić information content (AvgIpc) is 1.81. The lowest BCUT2D eigenvalue weighted by Crippen LogP contribution is -2.03. The first-order chi connectivity index (χ1) is 5.58. The number of hydrogen-bond donors (Lipinski definition) is 1. The molecular weight excluding hydrogens is 155 g/mol. The van der Waals surface area contributed by atoms with Crippen LogP contribution < -0.4 is 5.73 Å². The Morgan fingerprint density at radius 3 is 2.58 bits per heavy atom. The molecular formula is C9H11FN2. The summed E-state index contributed by atoms with van der Waals surface area (Å²) in [6.45, 7) is 3.48. The van der Waals surface area contributed by atoms with Gasteiger partial charge in [0.1, 0.15) is 5.82 Å². The third-order valence-corrected chi connectivity index (χ3v) is 1.33. The van der Waals surface area contributed by atoms with Gasteiger partial charge in [-0.3, -0.25) is 0 Å². The minimum atomic E-state index is -0.282. The molecule has 0 aliphatic rings. The predicted octanol–water partition coefficient (Wildman–Crippen LogP) is 2.14. The molecule has 0 fully saturated rings. The Hall–Kier alpha value is -1.38. The summed E-state index contributed by atoms with van der Waals surface area (Å²) in [5, 5.41) is 0. The van der Waals surface area contributed by atoms with E-state index in [0.717, 1.165) is 5.56 Å². The van der Waals surface area contributed by atoms with Gasteiger partial charge in [-0.25, -0.2) is 9.38 Å². The van der Waals surface area contributed by atoms with E-state index in [0.29, 0.717) is 11.5 Å². The molecule has 0 bridgehead atoms. The van der Waals surface area contributed by atoms with E-state index in [-0.39, 0.29) is 5.82 Å². The van der Waals surface area contributed by atoms with Crippen LogP contribution in [0.25, 0.3) is 0 Å². The summed E-state index contributed by atoms with van der Waals surface area (Å²) in [6.07, 6.45) is 0. The van der Waals surface area contributed by atoms with Gasteiger partial charge < -0.3 is 5.73 Å².